The summed E-state index contributed by atoms with van der Waals surface area (Å²) in [6.45, 7) is 4.21. The first-order valence-electron chi connectivity index (χ1n) is 9.90. The number of oxazole rings is 1. The number of hydrogen-bond acceptors (Lipinski definition) is 5. The first kappa shape index (κ1) is 19.8. The molecule has 0 fully saturated rings. The molecule has 0 aliphatic rings. The van der Waals surface area contributed by atoms with Gasteiger partial charge in [-0.3, -0.25) is 0 Å². The summed E-state index contributed by atoms with van der Waals surface area (Å²) in [5.74, 6) is 1.91. The molecule has 1 atom stereocenters. The van der Waals surface area contributed by atoms with E-state index >= 15 is 0 Å². The number of nitrogens with zero attached hydrogens (tertiary/aromatic N) is 2. The van der Waals surface area contributed by atoms with Gasteiger partial charge in [-0.25, -0.2) is 9.78 Å². The number of fused-ring (bicyclic) bond motifs is 1. The van der Waals surface area contributed by atoms with Crippen LogP contribution in [0, 0.1) is 6.92 Å². The number of esters is 1. The fourth-order valence-corrected chi connectivity index (χ4v) is 3.53. The second kappa shape index (κ2) is 8.45. The van der Waals surface area contributed by atoms with Crippen LogP contribution in [0.15, 0.2) is 65.2 Å². The topological polar surface area (TPSA) is 66.5 Å². The molecule has 6 heteroatoms. The second-order valence-corrected chi connectivity index (χ2v) is 7.10. The number of carbonyl (C=O) groups excluding carboxylic acids is 1. The summed E-state index contributed by atoms with van der Waals surface area (Å²) in [5, 5.41) is 0.954. The van der Waals surface area contributed by atoms with Crippen molar-refractivity contribution in [3.05, 3.63) is 72.2 Å². The molecular weight excluding hydrogens is 380 g/mol. The molecule has 0 aliphatic heterocycles. The van der Waals surface area contributed by atoms with E-state index in [9.17, 15) is 4.79 Å². The molecule has 6 nitrogen and oxygen atoms in total. The summed E-state index contributed by atoms with van der Waals surface area (Å²) in [7, 11) is 1.40. The fourth-order valence-electron chi connectivity index (χ4n) is 3.53. The minimum Gasteiger partial charge on any atom is -0.492 e. The predicted molar refractivity (Wildman–Crippen MR) is 115 cm³/mol. The maximum Gasteiger partial charge on any atom is 0.328 e. The van der Waals surface area contributed by atoms with Crippen molar-refractivity contribution in [1.29, 1.82) is 0 Å². The van der Waals surface area contributed by atoms with Gasteiger partial charge in [-0.1, -0.05) is 24.3 Å². The molecule has 0 amide bonds. The van der Waals surface area contributed by atoms with E-state index in [-0.39, 0.29) is 5.97 Å². The molecular formula is C24H24N2O4. The van der Waals surface area contributed by atoms with E-state index in [4.69, 9.17) is 13.9 Å². The van der Waals surface area contributed by atoms with Crippen LogP contribution in [0.1, 0.15) is 24.4 Å². The highest BCUT2D eigenvalue weighted by atomic mass is 16.5. The number of aryl methyl sites for hydroxylation is 1. The molecule has 154 valence electrons. The van der Waals surface area contributed by atoms with Crippen LogP contribution in [0.3, 0.4) is 0 Å². The van der Waals surface area contributed by atoms with Gasteiger partial charge in [-0.2, -0.15) is 0 Å². The Bertz CT molecular complexity index is 1160. The number of ether oxygens (including phenoxy) is 2. The Morgan fingerprint density at radius 1 is 1.13 bits per heavy atom. The number of aromatic nitrogens is 2. The number of benzene rings is 2. The van der Waals surface area contributed by atoms with Gasteiger partial charge < -0.3 is 18.5 Å². The molecule has 0 saturated carbocycles. The lowest BCUT2D eigenvalue weighted by atomic mass is 10.2. The largest absolute Gasteiger partial charge is 0.492 e. The summed E-state index contributed by atoms with van der Waals surface area (Å²) < 4.78 is 18.6. The van der Waals surface area contributed by atoms with E-state index in [1.165, 1.54) is 7.11 Å². The van der Waals surface area contributed by atoms with Crippen LogP contribution in [-0.2, 0) is 16.0 Å². The summed E-state index contributed by atoms with van der Waals surface area (Å²) in [6, 6.07) is 17.2. The van der Waals surface area contributed by atoms with Crippen LogP contribution in [-0.4, -0.2) is 29.2 Å². The van der Waals surface area contributed by atoms with Crippen molar-refractivity contribution >= 4 is 16.9 Å². The molecule has 0 spiro atoms. The van der Waals surface area contributed by atoms with Crippen molar-refractivity contribution < 1.29 is 18.7 Å². The minimum absolute atomic E-state index is 0.283. The quantitative estimate of drug-likeness (QED) is 0.407. The fraction of sp³-hybridized carbons (Fsp3) is 0.250. The Labute approximate surface area is 175 Å². The van der Waals surface area contributed by atoms with E-state index in [0.717, 1.165) is 33.7 Å². The van der Waals surface area contributed by atoms with E-state index in [2.05, 4.69) is 4.98 Å². The zero-order valence-corrected chi connectivity index (χ0v) is 17.3. The van der Waals surface area contributed by atoms with Gasteiger partial charge in [-0.15, -0.1) is 0 Å². The monoisotopic (exact) mass is 404 g/mol. The maximum atomic E-state index is 11.9. The van der Waals surface area contributed by atoms with Gasteiger partial charge in [0, 0.05) is 23.6 Å². The van der Waals surface area contributed by atoms with Gasteiger partial charge in [0.25, 0.3) is 0 Å². The lowest BCUT2D eigenvalue weighted by Gasteiger charge is -2.13. The van der Waals surface area contributed by atoms with E-state index in [1.807, 2.05) is 79.2 Å². The molecule has 2 heterocycles. The van der Waals surface area contributed by atoms with Gasteiger partial charge in [0.1, 0.15) is 17.6 Å². The normalized spacial score (nSPS) is 12.1. The molecule has 4 aromatic rings. The average Bonchev–Trinajstić information content (AvgIpc) is 3.37. The van der Waals surface area contributed by atoms with Gasteiger partial charge in [0.2, 0.25) is 5.89 Å². The molecule has 2 aromatic carbocycles. The second-order valence-electron chi connectivity index (χ2n) is 7.10. The molecule has 0 radical (unpaired) electrons. The van der Waals surface area contributed by atoms with E-state index in [0.29, 0.717) is 18.9 Å². The number of rotatable bonds is 7. The van der Waals surface area contributed by atoms with Crippen LogP contribution < -0.4 is 4.74 Å². The number of methoxy groups -OCH3 is 1. The van der Waals surface area contributed by atoms with E-state index in [1.54, 1.807) is 0 Å². The molecule has 0 saturated heterocycles. The molecule has 4 rings (SSSR count). The molecule has 0 bridgehead atoms. The highest BCUT2D eigenvalue weighted by molar-refractivity contribution is 5.88. The Balaban J connectivity index is 1.48. The molecule has 1 unspecified atom stereocenters. The van der Waals surface area contributed by atoms with Crippen LogP contribution in [0.5, 0.6) is 5.75 Å². The Morgan fingerprint density at radius 2 is 1.93 bits per heavy atom. The number of hydrogen-bond donors (Lipinski definition) is 0. The molecule has 0 N–H and O–H groups in total. The molecule has 2 aromatic heterocycles. The van der Waals surface area contributed by atoms with Crippen molar-refractivity contribution in [3.8, 4) is 17.2 Å². The van der Waals surface area contributed by atoms with Crippen LogP contribution in [0.25, 0.3) is 22.4 Å². The van der Waals surface area contributed by atoms with Gasteiger partial charge in [-0.05, 0) is 44.2 Å². The van der Waals surface area contributed by atoms with Gasteiger partial charge in [0.15, 0.2) is 0 Å². The SMILES string of the molecule is COC(=O)C(C)n1ccc2c(OCCc3nc(-c4ccccc4)oc3C)cccc21. The Morgan fingerprint density at radius 3 is 2.70 bits per heavy atom. The average molecular weight is 404 g/mol. The van der Waals surface area contributed by atoms with Crippen molar-refractivity contribution in [2.75, 3.05) is 13.7 Å². The van der Waals surface area contributed by atoms with E-state index < -0.39 is 6.04 Å². The highest BCUT2D eigenvalue weighted by Crippen LogP contribution is 2.29. The van der Waals surface area contributed by atoms with Crippen molar-refractivity contribution in [1.82, 2.24) is 9.55 Å². The summed E-state index contributed by atoms with van der Waals surface area (Å²) in [4.78, 5) is 16.5. The zero-order chi connectivity index (χ0) is 21.1. The third-order valence-electron chi connectivity index (χ3n) is 5.19. The lowest BCUT2D eigenvalue weighted by Crippen LogP contribution is -2.16. The lowest BCUT2D eigenvalue weighted by molar-refractivity contribution is -0.143. The third-order valence-corrected chi connectivity index (χ3v) is 5.19. The summed E-state index contributed by atoms with van der Waals surface area (Å²) >= 11 is 0. The van der Waals surface area contributed by atoms with Crippen LogP contribution in [0.4, 0.5) is 0 Å². The third kappa shape index (κ3) is 3.81. The van der Waals surface area contributed by atoms with Crippen molar-refractivity contribution in [2.24, 2.45) is 0 Å². The first-order chi connectivity index (χ1) is 14.6. The maximum absolute atomic E-state index is 11.9. The van der Waals surface area contributed by atoms with Crippen LogP contribution in [0.2, 0.25) is 0 Å². The number of carbonyl (C=O) groups is 1. The minimum atomic E-state index is -0.406. The van der Waals surface area contributed by atoms with Crippen molar-refractivity contribution in [2.45, 2.75) is 26.3 Å². The highest BCUT2D eigenvalue weighted by Gasteiger charge is 2.18. The van der Waals surface area contributed by atoms with Crippen LogP contribution >= 0.6 is 0 Å². The molecule has 30 heavy (non-hydrogen) atoms. The van der Waals surface area contributed by atoms with Gasteiger partial charge in [0.05, 0.1) is 24.9 Å². The standard InChI is InChI=1S/C24H24N2O4/c1-16(24(27)28-3)26-14-12-19-21(26)10-7-11-22(19)29-15-13-20-17(2)30-23(25-20)18-8-5-4-6-9-18/h4-12,14,16H,13,15H2,1-3H3. The zero-order valence-electron chi connectivity index (χ0n) is 17.3. The predicted octanol–water partition coefficient (Wildman–Crippen LogP) is 4.96. The van der Waals surface area contributed by atoms with Gasteiger partial charge >= 0.3 is 5.97 Å². The molecule has 0 aliphatic carbocycles. The smallest absolute Gasteiger partial charge is 0.328 e. The summed E-state index contributed by atoms with van der Waals surface area (Å²) in [6.07, 6.45) is 2.52. The first-order valence-corrected chi connectivity index (χ1v) is 9.90. The Hall–Kier alpha value is -3.54. The Kier molecular flexibility index (Phi) is 5.57. The van der Waals surface area contributed by atoms with Crippen molar-refractivity contribution in [3.63, 3.8) is 0 Å². The summed E-state index contributed by atoms with van der Waals surface area (Å²) in [5.41, 5.74) is 2.77.